The lowest BCUT2D eigenvalue weighted by atomic mass is 10.0. The van der Waals surface area contributed by atoms with E-state index < -0.39 is 10.0 Å². The van der Waals surface area contributed by atoms with Crippen molar-refractivity contribution in [2.24, 2.45) is 4.99 Å². The zero-order chi connectivity index (χ0) is 18.2. The molecule has 0 aliphatic carbocycles. The Balaban J connectivity index is 1.97. The van der Waals surface area contributed by atoms with Crippen molar-refractivity contribution in [1.29, 1.82) is 0 Å². The van der Waals surface area contributed by atoms with E-state index in [1.54, 1.807) is 19.1 Å². The molecule has 0 aromatic heterocycles. The first-order valence-electron chi connectivity index (χ1n) is 7.88. The highest BCUT2D eigenvalue weighted by molar-refractivity contribution is 8.00. The standard InChI is InChI=1S/C19H19ClN2O2S/c1-12-4-7-16(10-13(12)2)18-14(3)19(22-25(18,23)24)21-11-15-5-8-17(20)9-6-15/h4-10H,11H2,1-3H3,(H,21,22). The number of aryl methyl sites for hydroxylation is 2. The summed E-state index contributed by atoms with van der Waals surface area (Å²) in [6.45, 7) is 6.13. The Morgan fingerprint density at radius 3 is 2.32 bits per heavy atom. The Morgan fingerprint density at radius 2 is 1.68 bits per heavy atom. The Bertz CT molecular complexity index is 991. The molecule has 4 nitrogen and oxygen atoms in total. The van der Waals surface area contributed by atoms with Gasteiger partial charge in [0.25, 0.3) is 10.0 Å². The van der Waals surface area contributed by atoms with Gasteiger partial charge >= 0.3 is 0 Å². The average molecular weight is 375 g/mol. The molecule has 6 heteroatoms. The molecule has 0 atom stereocenters. The summed E-state index contributed by atoms with van der Waals surface area (Å²) in [6, 6.07) is 13.0. The number of hydrogen-bond acceptors (Lipinski definition) is 3. The van der Waals surface area contributed by atoms with Crippen LogP contribution in [0.2, 0.25) is 5.02 Å². The number of rotatable bonds is 3. The van der Waals surface area contributed by atoms with Gasteiger partial charge in [-0.1, -0.05) is 41.9 Å². The van der Waals surface area contributed by atoms with Crippen LogP contribution < -0.4 is 4.72 Å². The van der Waals surface area contributed by atoms with Gasteiger partial charge in [-0.05, 0) is 55.2 Å². The van der Waals surface area contributed by atoms with E-state index in [9.17, 15) is 8.42 Å². The summed E-state index contributed by atoms with van der Waals surface area (Å²) in [4.78, 5) is 4.74. The summed E-state index contributed by atoms with van der Waals surface area (Å²) >= 11 is 5.88. The number of nitrogens with one attached hydrogen (secondary N) is 1. The van der Waals surface area contributed by atoms with Crippen molar-refractivity contribution in [2.45, 2.75) is 27.3 Å². The maximum atomic E-state index is 12.6. The van der Waals surface area contributed by atoms with Crippen LogP contribution in [0.4, 0.5) is 0 Å². The van der Waals surface area contributed by atoms with Crippen molar-refractivity contribution >= 4 is 32.4 Å². The van der Waals surface area contributed by atoms with Crippen molar-refractivity contribution in [1.82, 2.24) is 4.72 Å². The molecule has 1 heterocycles. The summed E-state index contributed by atoms with van der Waals surface area (Å²) < 4.78 is 27.7. The number of halogens is 1. The second-order valence-electron chi connectivity index (χ2n) is 6.15. The monoisotopic (exact) mass is 374 g/mol. The highest BCUT2D eigenvalue weighted by atomic mass is 35.5. The van der Waals surface area contributed by atoms with E-state index in [1.165, 1.54) is 0 Å². The van der Waals surface area contributed by atoms with Gasteiger partial charge in [-0.15, -0.1) is 0 Å². The van der Waals surface area contributed by atoms with E-state index in [2.05, 4.69) is 9.71 Å². The molecule has 0 unspecified atom stereocenters. The van der Waals surface area contributed by atoms with Gasteiger partial charge in [0.1, 0.15) is 10.7 Å². The predicted molar refractivity (Wildman–Crippen MR) is 103 cm³/mol. The van der Waals surface area contributed by atoms with Crippen LogP contribution >= 0.6 is 11.6 Å². The normalized spacial score (nSPS) is 17.8. The lowest BCUT2D eigenvalue weighted by Crippen LogP contribution is -2.23. The summed E-state index contributed by atoms with van der Waals surface area (Å²) in [5.41, 5.74) is 4.46. The highest BCUT2D eigenvalue weighted by Crippen LogP contribution is 2.31. The molecule has 130 valence electrons. The van der Waals surface area contributed by atoms with E-state index >= 15 is 0 Å². The summed E-state index contributed by atoms with van der Waals surface area (Å²) in [6.07, 6.45) is 0. The second kappa shape index (κ2) is 6.65. The summed E-state index contributed by atoms with van der Waals surface area (Å²) in [7, 11) is -3.60. The second-order valence-corrected chi connectivity index (χ2v) is 8.21. The van der Waals surface area contributed by atoms with Crippen molar-refractivity contribution < 1.29 is 8.42 Å². The van der Waals surface area contributed by atoms with Gasteiger partial charge in [0.2, 0.25) is 0 Å². The Kier molecular flexibility index (Phi) is 4.71. The summed E-state index contributed by atoms with van der Waals surface area (Å²) in [5, 5.41) is 0.658. The topological polar surface area (TPSA) is 58.5 Å². The van der Waals surface area contributed by atoms with Crippen LogP contribution in [0.25, 0.3) is 4.91 Å². The smallest absolute Gasteiger partial charge is 0.263 e. The molecule has 0 amide bonds. The van der Waals surface area contributed by atoms with Crippen molar-refractivity contribution in [3.05, 3.63) is 75.3 Å². The van der Waals surface area contributed by atoms with Crippen LogP contribution in [0.15, 0.2) is 53.0 Å². The van der Waals surface area contributed by atoms with Crippen molar-refractivity contribution in [2.75, 3.05) is 0 Å². The minimum Gasteiger partial charge on any atom is -0.263 e. The average Bonchev–Trinajstić information content (AvgIpc) is 2.79. The third-order valence-electron chi connectivity index (χ3n) is 4.30. The minimum atomic E-state index is -3.60. The fourth-order valence-electron chi connectivity index (χ4n) is 2.73. The van der Waals surface area contributed by atoms with Gasteiger partial charge in [-0.25, -0.2) is 8.42 Å². The van der Waals surface area contributed by atoms with E-state index in [1.807, 2.05) is 44.2 Å². The van der Waals surface area contributed by atoms with Gasteiger partial charge in [0.15, 0.2) is 0 Å². The molecule has 1 N–H and O–H groups in total. The number of nitrogens with zero attached hydrogens (tertiary/aromatic N) is 1. The number of benzene rings is 2. The molecule has 2 aromatic rings. The zero-order valence-electron chi connectivity index (χ0n) is 14.3. The van der Waals surface area contributed by atoms with Crippen molar-refractivity contribution in [3.63, 3.8) is 0 Å². The summed E-state index contributed by atoms with van der Waals surface area (Å²) in [5.74, 6) is 0.392. The minimum absolute atomic E-state index is 0.297. The first kappa shape index (κ1) is 17.7. The van der Waals surface area contributed by atoms with Crippen LogP contribution in [0, 0.1) is 13.8 Å². The van der Waals surface area contributed by atoms with Gasteiger partial charge < -0.3 is 0 Å². The van der Waals surface area contributed by atoms with E-state index in [0.717, 1.165) is 16.7 Å². The largest absolute Gasteiger partial charge is 0.264 e. The lowest BCUT2D eigenvalue weighted by molar-refractivity contribution is 0.603. The third-order valence-corrected chi connectivity index (χ3v) is 6.09. The molecular formula is C19H19ClN2O2S. The van der Waals surface area contributed by atoms with Gasteiger partial charge in [0.05, 0.1) is 6.54 Å². The molecule has 0 radical (unpaired) electrons. The van der Waals surface area contributed by atoms with Crippen LogP contribution in [0.1, 0.15) is 29.2 Å². The molecule has 1 aliphatic rings. The molecule has 25 heavy (non-hydrogen) atoms. The van der Waals surface area contributed by atoms with Crippen LogP contribution in [0.5, 0.6) is 0 Å². The molecule has 1 aliphatic heterocycles. The molecule has 0 spiro atoms. The predicted octanol–water partition coefficient (Wildman–Crippen LogP) is 4.22. The SMILES string of the molecule is CC1=C(c2ccc(C)c(C)c2)S(=O)(=O)NC1=NCc1ccc(Cl)cc1. The first-order valence-corrected chi connectivity index (χ1v) is 9.74. The molecule has 0 fully saturated rings. The molecule has 0 bridgehead atoms. The number of hydrogen-bond donors (Lipinski definition) is 1. The molecule has 2 aromatic carbocycles. The number of aliphatic imine (C=N–C) groups is 1. The third kappa shape index (κ3) is 3.62. The fraction of sp³-hybridized carbons (Fsp3) is 0.211. The molecule has 3 rings (SSSR count). The Hall–Kier alpha value is -2.11. The quantitative estimate of drug-likeness (QED) is 0.874. The van der Waals surface area contributed by atoms with Crippen LogP contribution in [0.3, 0.4) is 0 Å². The van der Waals surface area contributed by atoms with Crippen LogP contribution in [-0.2, 0) is 16.6 Å². The van der Waals surface area contributed by atoms with E-state index in [-0.39, 0.29) is 0 Å². The Labute approximate surface area is 153 Å². The maximum absolute atomic E-state index is 12.6. The molecule has 0 saturated heterocycles. The maximum Gasteiger partial charge on any atom is 0.264 e. The first-order chi connectivity index (χ1) is 11.8. The number of sulfonamides is 1. The van der Waals surface area contributed by atoms with Gasteiger partial charge in [0, 0.05) is 10.6 Å². The van der Waals surface area contributed by atoms with E-state index in [0.29, 0.717) is 33.4 Å². The zero-order valence-corrected chi connectivity index (χ0v) is 15.9. The van der Waals surface area contributed by atoms with E-state index in [4.69, 9.17) is 11.6 Å². The highest BCUT2D eigenvalue weighted by Gasteiger charge is 2.32. The molecular weight excluding hydrogens is 356 g/mol. The van der Waals surface area contributed by atoms with Crippen molar-refractivity contribution in [3.8, 4) is 0 Å². The lowest BCUT2D eigenvalue weighted by Gasteiger charge is -2.06. The number of amidine groups is 1. The van der Waals surface area contributed by atoms with Crippen LogP contribution in [-0.4, -0.2) is 14.3 Å². The van der Waals surface area contributed by atoms with Gasteiger partial charge in [-0.3, -0.25) is 9.71 Å². The Morgan fingerprint density at radius 1 is 1.00 bits per heavy atom. The fourth-order valence-corrected chi connectivity index (χ4v) is 4.37. The molecule has 0 saturated carbocycles. The van der Waals surface area contributed by atoms with Gasteiger partial charge in [-0.2, -0.15) is 0 Å².